The molecule has 0 fully saturated rings. The third kappa shape index (κ3) is 1.96. The summed E-state index contributed by atoms with van der Waals surface area (Å²) in [4.78, 5) is 3.84. The SMILES string of the molecule is Cc1ncc(C(F)F)c(N)c1CBr. The molecule has 13 heavy (non-hydrogen) atoms. The second-order valence-electron chi connectivity index (χ2n) is 2.63. The quantitative estimate of drug-likeness (QED) is 0.821. The maximum absolute atomic E-state index is 12.3. The minimum Gasteiger partial charge on any atom is -0.398 e. The summed E-state index contributed by atoms with van der Waals surface area (Å²) in [6.45, 7) is 1.74. The molecule has 0 saturated heterocycles. The van der Waals surface area contributed by atoms with Crippen LogP contribution in [0.3, 0.4) is 0 Å². The molecule has 1 rings (SSSR count). The number of anilines is 1. The smallest absolute Gasteiger partial charge is 0.267 e. The summed E-state index contributed by atoms with van der Waals surface area (Å²) in [5.41, 5.74) is 6.81. The molecule has 1 aromatic heterocycles. The Morgan fingerprint density at radius 1 is 1.62 bits per heavy atom. The molecule has 0 atom stereocenters. The van der Waals surface area contributed by atoms with E-state index < -0.39 is 6.43 Å². The van der Waals surface area contributed by atoms with Crippen LogP contribution in [0, 0.1) is 6.92 Å². The van der Waals surface area contributed by atoms with Gasteiger partial charge in [-0.05, 0) is 6.92 Å². The molecule has 2 nitrogen and oxygen atoms in total. The molecule has 0 amide bonds. The fourth-order valence-electron chi connectivity index (χ4n) is 1.03. The number of nitrogens with zero attached hydrogens (tertiary/aromatic N) is 1. The fourth-order valence-corrected chi connectivity index (χ4v) is 1.73. The Labute approximate surface area is 83.3 Å². The van der Waals surface area contributed by atoms with Crippen LogP contribution in [0.25, 0.3) is 0 Å². The van der Waals surface area contributed by atoms with Crippen LogP contribution >= 0.6 is 15.9 Å². The number of rotatable bonds is 2. The number of aromatic nitrogens is 1. The Bertz CT molecular complexity index is 315. The van der Waals surface area contributed by atoms with Gasteiger partial charge in [0, 0.05) is 28.5 Å². The lowest BCUT2D eigenvalue weighted by molar-refractivity contribution is 0.151. The van der Waals surface area contributed by atoms with Gasteiger partial charge in [-0.3, -0.25) is 4.98 Å². The third-order valence-corrected chi connectivity index (χ3v) is 2.40. The van der Waals surface area contributed by atoms with Gasteiger partial charge in [0.1, 0.15) is 0 Å². The summed E-state index contributed by atoms with van der Waals surface area (Å²) >= 11 is 3.18. The zero-order valence-electron chi connectivity index (χ0n) is 7.02. The van der Waals surface area contributed by atoms with Crippen LogP contribution in [0.4, 0.5) is 14.5 Å². The molecule has 2 N–H and O–H groups in total. The Morgan fingerprint density at radius 3 is 2.69 bits per heavy atom. The van der Waals surface area contributed by atoms with Gasteiger partial charge in [0.2, 0.25) is 0 Å². The highest BCUT2D eigenvalue weighted by Gasteiger charge is 2.15. The first-order chi connectivity index (χ1) is 6.07. The first kappa shape index (κ1) is 10.4. The number of halogens is 3. The fraction of sp³-hybridized carbons (Fsp3) is 0.375. The molecule has 1 aromatic rings. The summed E-state index contributed by atoms with van der Waals surface area (Å²) in [6.07, 6.45) is -1.44. The van der Waals surface area contributed by atoms with E-state index in [2.05, 4.69) is 20.9 Å². The lowest BCUT2D eigenvalue weighted by atomic mass is 10.1. The molecule has 0 spiro atoms. The number of pyridine rings is 1. The second-order valence-corrected chi connectivity index (χ2v) is 3.19. The van der Waals surface area contributed by atoms with Crippen molar-refractivity contribution in [2.75, 3.05) is 5.73 Å². The largest absolute Gasteiger partial charge is 0.398 e. The minimum atomic E-state index is -2.56. The van der Waals surface area contributed by atoms with Crippen molar-refractivity contribution in [1.82, 2.24) is 4.98 Å². The molecule has 1 heterocycles. The van der Waals surface area contributed by atoms with E-state index in [9.17, 15) is 8.78 Å². The maximum atomic E-state index is 12.3. The molecular formula is C8H9BrF2N2. The summed E-state index contributed by atoms with van der Waals surface area (Å²) in [6, 6.07) is 0. The van der Waals surface area contributed by atoms with Crippen LogP contribution in [-0.2, 0) is 5.33 Å². The average molecular weight is 251 g/mol. The molecule has 0 saturated carbocycles. The summed E-state index contributed by atoms with van der Waals surface area (Å²) < 4.78 is 24.7. The normalized spacial score (nSPS) is 10.8. The number of nitrogen functional groups attached to an aromatic ring is 1. The second kappa shape index (κ2) is 4.00. The zero-order valence-corrected chi connectivity index (χ0v) is 8.61. The third-order valence-electron chi connectivity index (χ3n) is 1.84. The zero-order chi connectivity index (χ0) is 10.0. The van der Waals surface area contributed by atoms with E-state index in [1.165, 1.54) is 0 Å². The van der Waals surface area contributed by atoms with Crippen molar-refractivity contribution >= 4 is 21.6 Å². The van der Waals surface area contributed by atoms with Gasteiger partial charge in [0.25, 0.3) is 6.43 Å². The standard InChI is InChI=1S/C8H9BrF2N2/c1-4-5(2-9)7(12)6(3-13-4)8(10)11/h3,8H,2H2,1H3,(H2,12,13). The highest BCUT2D eigenvalue weighted by molar-refractivity contribution is 9.08. The molecule has 5 heteroatoms. The van der Waals surface area contributed by atoms with Crippen LogP contribution in [-0.4, -0.2) is 4.98 Å². The Hall–Kier alpha value is -0.710. The number of hydrogen-bond donors (Lipinski definition) is 1. The number of aryl methyl sites for hydroxylation is 1. The Balaban J connectivity index is 3.27. The van der Waals surface area contributed by atoms with E-state index in [4.69, 9.17) is 5.73 Å². The minimum absolute atomic E-state index is 0.138. The Morgan fingerprint density at radius 2 is 2.23 bits per heavy atom. The molecule has 0 unspecified atom stereocenters. The van der Waals surface area contributed by atoms with Gasteiger partial charge in [-0.1, -0.05) is 15.9 Å². The maximum Gasteiger partial charge on any atom is 0.267 e. The number of hydrogen-bond acceptors (Lipinski definition) is 2. The first-order valence-electron chi connectivity index (χ1n) is 3.66. The molecular weight excluding hydrogens is 242 g/mol. The summed E-state index contributed by atoms with van der Waals surface area (Å²) in [5, 5.41) is 0.443. The van der Waals surface area contributed by atoms with E-state index in [1.54, 1.807) is 6.92 Å². The lowest BCUT2D eigenvalue weighted by Gasteiger charge is -2.10. The van der Waals surface area contributed by atoms with Gasteiger partial charge in [0.15, 0.2) is 0 Å². The predicted molar refractivity (Wildman–Crippen MR) is 51.0 cm³/mol. The molecule has 0 aromatic carbocycles. The van der Waals surface area contributed by atoms with Crippen LogP contribution in [0.15, 0.2) is 6.20 Å². The first-order valence-corrected chi connectivity index (χ1v) is 4.78. The average Bonchev–Trinajstić information content (AvgIpc) is 2.04. The van der Waals surface area contributed by atoms with Crippen molar-refractivity contribution in [1.29, 1.82) is 0 Å². The van der Waals surface area contributed by atoms with Crippen molar-refractivity contribution in [3.8, 4) is 0 Å². The van der Waals surface area contributed by atoms with Crippen molar-refractivity contribution < 1.29 is 8.78 Å². The van der Waals surface area contributed by atoms with Gasteiger partial charge in [-0.25, -0.2) is 8.78 Å². The van der Waals surface area contributed by atoms with Crippen molar-refractivity contribution in [3.05, 3.63) is 23.0 Å². The van der Waals surface area contributed by atoms with Crippen LogP contribution in [0.1, 0.15) is 23.2 Å². The van der Waals surface area contributed by atoms with Crippen LogP contribution in [0.5, 0.6) is 0 Å². The molecule has 0 aliphatic heterocycles. The van der Waals surface area contributed by atoms with Crippen molar-refractivity contribution in [2.24, 2.45) is 0 Å². The van der Waals surface area contributed by atoms with Gasteiger partial charge in [-0.15, -0.1) is 0 Å². The lowest BCUT2D eigenvalue weighted by Crippen LogP contribution is -2.03. The van der Waals surface area contributed by atoms with Crippen LogP contribution < -0.4 is 5.73 Å². The summed E-state index contributed by atoms with van der Waals surface area (Å²) in [7, 11) is 0. The number of nitrogens with two attached hydrogens (primary N) is 1. The topological polar surface area (TPSA) is 38.9 Å². The highest BCUT2D eigenvalue weighted by Crippen LogP contribution is 2.29. The molecule has 0 bridgehead atoms. The molecule has 0 aliphatic carbocycles. The van der Waals surface area contributed by atoms with E-state index in [0.717, 1.165) is 6.20 Å². The van der Waals surface area contributed by atoms with Gasteiger partial charge < -0.3 is 5.73 Å². The van der Waals surface area contributed by atoms with Gasteiger partial charge >= 0.3 is 0 Å². The number of alkyl halides is 3. The summed E-state index contributed by atoms with van der Waals surface area (Å²) in [5.74, 6) is 0. The van der Waals surface area contributed by atoms with E-state index in [1.807, 2.05) is 0 Å². The van der Waals surface area contributed by atoms with E-state index in [-0.39, 0.29) is 11.3 Å². The molecule has 0 radical (unpaired) electrons. The molecule has 72 valence electrons. The Kier molecular flexibility index (Phi) is 3.19. The molecule has 0 aliphatic rings. The van der Waals surface area contributed by atoms with E-state index >= 15 is 0 Å². The van der Waals surface area contributed by atoms with Crippen molar-refractivity contribution in [2.45, 2.75) is 18.7 Å². The van der Waals surface area contributed by atoms with Gasteiger partial charge in [0.05, 0.1) is 5.56 Å². The predicted octanol–water partition coefficient (Wildman–Crippen LogP) is 2.80. The van der Waals surface area contributed by atoms with Crippen LogP contribution in [0.2, 0.25) is 0 Å². The van der Waals surface area contributed by atoms with E-state index in [0.29, 0.717) is 16.6 Å². The van der Waals surface area contributed by atoms with Gasteiger partial charge in [-0.2, -0.15) is 0 Å². The monoisotopic (exact) mass is 250 g/mol. The van der Waals surface area contributed by atoms with Crippen molar-refractivity contribution in [3.63, 3.8) is 0 Å². The highest BCUT2D eigenvalue weighted by atomic mass is 79.9.